The molecule has 0 N–H and O–H groups in total. The van der Waals surface area contributed by atoms with Gasteiger partial charge in [-0.25, -0.2) is 13.8 Å². The molecule has 1 heterocycles. The zero-order valence-corrected chi connectivity index (χ0v) is 8.46. The van der Waals surface area contributed by atoms with Crippen molar-refractivity contribution in [2.75, 3.05) is 0 Å². The van der Waals surface area contributed by atoms with Crippen molar-refractivity contribution in [1.29, 1.82) is 0 Å². The summed E-state index contributed by atoms with van der Waals surface area (Å²) in [5, 5.41) is 0.258. The lowest BCUT2D eigenvalue weighted by molar-refractivity contribution is 0.149. The molecule has 0 spiro atoms. The molecule has 66 valence electrons. The second kappa shape index (κ2) is 3.66. The van der Waals surface area contributed by atoms with Crippen LogP contribution in [-0.2, 0) is 0 Å². The summed E-state index contributed by atoms with van der Waals surface area (Å²) < 4.78 is 24.8. The summed E-state index contributed by atoms with van der Waals surface area (Å²) in [5.74, 6) is 0. The third kappa shape index (κ3) is 1.75. The van der Waals surface area contributed by atoms with E-state index in [0.29, 0.717) is 5.56 Å². The molecule has 1 rings (SSSR count). The number of halogens is 4. The summed E-state index contributed by atoms with van der Waals surface area (Å²) in [5.41, 5.74) is 0.232. The largest absolute Gasteiger partial charge is 0.266 e. The summed E-state index contributed by atoms with van der Waals surface area (Å²) in [6.45, 7) is 1.54. The first-order chi connectivity index (χ1) is 5.54. The van der Waals surface area contributed by atoms with Gasteiger partial charge in [0.2, 0.25) is 0 Å². The minimum Gasteiger partial charge on any atom is -0.247 e. The van der Waals surface area contributed by atoms with Gasteiger partial charge in [0.25, 0.3) is 6.43 Å². The van der Waals surface area contributed by atoms with Gasteiger partial charge in [0, 0.05) is 6.20 Å². The normalized spacial score (nSPS) is 10.8. The molecule has 1 nitrogen and oxygen atoms in total. The van der Waals surface area contributed by atoms with Crippen LogP contribution in [0, 0.1) is 6.92 Å². The molecular formula is C7H5BrClF2N. The molecule has 0 atom stereocenters. The van der Waals surface area contributed by atoms with Crippen LogP contribution >= 0.6 is 27.5 Å². The van der Waals surface area contributed by atoms with Crippen LogP contribution in [0.25, 0.3) is 0 Å². The Labute approximate surface area is 81.9 Å². The van der Waals surface area contributed by atoms with E-state index in [9.17, 15) is 8.78 Å². The zero-order chi connectivity index (χ0) is 9.30. The van der Waals surface area contributed by atoms with Crippen LogP contribution in [0.3, 0.4) is 0 Å². The molecule has 1 aromatic rings. The zero-order valence-electron chi connectivity index (χ0n) is 6.11. The number of alkyl halides is 2. The van der Waals surface area contributed by atoms with Crippen molar-refractivity contribution >= 4 is 27.5 Å². The Morgan fingerprint density at radius 2 is 2.17 bits per heavy atom. The van der Waals surface area contributed by atoms with Gasteiger partial charge in [-0.2, -0.15) is 0 Å². The molecule has 5 heteroatoms. The van der Waals surface area contributed by atoms with E-state index in [0.717, 1.165) is 0 Å². The average Bonchev–Trinajstić information content (AvgIpc) is 1.97. The molecular weight excluding hydrogens is 251 g/mol. The molecule has 0 unspecified atom stereocenters. The summed E-state index contributed by atoms with van der Waals surface area (Å²) in [4.78, 5) is 3.67. The van der Waals surface area contributed by atoms with Crippen LogP contribution in [0.2, 0.25) is 5.02 Å². The van der Waals surface area contributed by atoms with Crippen LogP contribution in [0.15, 0.2) is 10.8 Å². The second-order valence-electron chi connectivity index (χ2n) is 2.24. The van der Waals surface area contributed by atoms with Crippen molar-refractivity contribution in [2.24, 2.45) is 0 Å². The predicted octanol–water partition coefficient (Wildman–Crippen LogP) is 3.74. The van der Waals surface area contributed by atoms with Gasteiger partial charge >= 0.3 is 0 Å². The van der Waals surface area contributed by atoms with E-state index in [1.807, 2.05) is 0 Å². The first-order valence-electron chi connectivity index (χ1n) is 3.12. The van der Waals surface area contributed by atoms with Gasteiger partial charge in [0.1, 0.15) is 4.60 Å². The van der Waals surface area contributed by atoms with Gasteiger partial charge in [-0.05, 0) is 28.4 Å². The van der Waals surface area contributed by atoms with Crippen LogP contribution in [0.4, 0.5) is 8.78 Å². The third-order valence-electron chi connectivity index (χ3n) is 1.49. The van der Waals surface area contributed by atoms with Crippen LogP contribution in [0.1, 0.15) is 17.6 Å². The van der Waals surface area contributed by atoms with Gasteiger partial charge in [0.15, 0.2) is 0 Å². The van der Waals surface area contributed by atoms with E-state index < -0.39 is 6.43 Å². The number of aromatic nitrogens is 1. The van der Waals surface area contributed by atoms with Crippen molar-refractivity contribution in [3.8, 4) is 0 Å². The Balaban J connectivity index is 3.33. The highest BCUT2D eigenvalue weighted by atomic mass is 79.9. The highest BCUT2D eigenvalue weighted by Crippen LogP contribution is 2.31. The maximum Gasteiger partial charge on any atom is 0.266 e. The Morgan fingerprint density at radius 3 is 2.58 bits per heavy atom. The average molecular weight is 256 g/mol. The Kier molecular flexibility index (Phi) is 3.01. The maximum atomic E-state index is 12.3. The standard InChI is InChI=1S/C7H5BrClF2N/c1-3-4(9)2-12-6(8)5(3)7(10)11/h2,7H,1H3. The number of nitrogens with zero attached hydrogens (tertiary/aromatic N) is 1. The molecule has 1 aromatic heterocycles. The number of rotatable bonds is 1. The molecule has 0 bridgehead atoms. The molecule has 0 saturated carbocycles. The van der Waals surface area contributed by atoms with E-state index in [1.165, 1.54) is 13.1 Å². The number of hydrogen-bond acceptors (Lipinski definition) is 1. The molecule has 0 aliphatic rings. The summed E-state index contributed by atoms with van der Waals surface area (Å²) >= 11 is 8.55. The van der Waals surface area contributed by atoms with Gasteiger partial charge in [-0.15, -0.1) is 0 Å². The van der Waals surface area contributed by atoms with Crippen molar-refractivity contribution in [3.63, 3.8) is 0 Å². The molecule has 0 radical (unpaired) electrons. The van der Waals surface area contributed by atoms with E-state index in [4.69, 9.17) is 11.6 Å². The van der Waals surface area contributed by atoms with Crippen LogP contribution in [-0.4, -0.2) is 4.98 Å². The monoisotopic (exact) mass is 255 g/mol. The third-order valence-corrected chi connectivity index (χ3v) is 2.51. The smallest absolute Gasteiger partial charge is 0.247 e. The van der Waals surface area contributed by atoms with Gasteiger partial charge in [-0.1, -0.05) is 11.6 Å². The SMILES string of the molecule is Cc1c(Cl)cnc(Br)c1C(F)F. The van der Waals surface area contributed by atoms with E-state index in [2.05, 4.69) is 20.9 Å². The van der Waals surface area contributed by atoms with Gasteiger partial charge in [-0.3, -0.25) is 0 Å². The van der Waals surface area contributed by atoms with Crippen LogP contribution in [0.5, 0.6) is 0 Å². The van der Waals surface area contributed by atoms with E-state index in [1.54, 1.807) is 0 Å². The Bertz CT molecular complexity index is 304. The Hall–Kier alpha value is -0.220. The first-order valence-corrected chi connectivity index (χ1v) is 4.29. The molecule has 12 heavy (non-hydrogen) atoms. The maximum absolute atomic E-state index is 12.3. The minimum atomic E-state index is -2.55. The number of hydrogen-bond donors (Lipinski definition) is 0. The Morgan fingerprint density at radius 1 is 1.58 bits per heavy atom. The van der Waals surface area contributed by atoms with Crippen molar-refractivity contribution in [1.82, 2.24) is 4.98 Å². The van der Waals surface area contributed by atoms with Gasteiger partial charge in [0.05, 0.1) is 10.6 Å². The minimum absolute atomic E-state index is 0.137. The lowest BCUT2D eigenvalue weighted by Crippen LogP contribution is -1.94. The fraction of sp³-hybridized carbons (Fsp3) is 0.286. The van der Waals surface area contributed by atoms with Gasteiger partial charge < -0.3 is 0 Å². The van der Waals surface area contributed by atoms with Crippen LogP contribution < -0.4 is 0 Å². The first kappa shape index (κ1) is 9.86. The summed E-state index contributed by atoms with van der Waals surface area (Å²) in [6.07, 6.45) is -1.21. The number of pyridine rings is 1. The fourth-order valence-electron chi connectivity index (χ4n) is 0.817. The summed E-state index contributed by atoms with van der Waals surface area (Å²) in [7, 11) is 0. The molecule has 0 aliphatic carbocycles. The van der Waals surface area contributed by atoms with Crippen molar-refractivity contribution in [3.05, 3.63) is 26.9 Å². The molecule has 0 aromatic carbocycles. The predicted molar refractivity (Wildman–Crippen MR) is 46.6 cm³/mol. The molecule has 0 aliphatic heterocycles. The van der Waals surface area contributed by atoms with E-state index >= 15 is 0 Å². The fourth-order valence-corrected chi connectivity index (χ4v) is 1.54. The highest BCUT2D eigenvalue weighted by Gasteiger charge is 2.17. The highest BCUT2D eigenvalue weighted by molar-refractivity contribution is 9.10. The van der Waals surface area contributed by atoms with E-state index in [-0.39, 0.29) is 15.2 Å². The summed E-state index contributed by atoms with van der Waals surface area (Å²) in [6, 6.07) is 0. The molecule has 0 fully saturated rings. The molecule has 0 saturated heterocycles. The molecule has 0 amide bonds. The van der Waals surface area contributed by atoms with Crippen molar-refractivity contribution in [2.45, 2.75) is 13.3 Å². The quantitative estimate of drug-likeness (QED) is 0.698. The lowest BCUT2D eigenvalue weighted by Gasteiger charge is -2.07. The second-order valence-corrected chi connectivity index (χ2v) is 3.39. The topological polar surface area (TPSA) is 12.9 Å². The van der Waals surface area contributed by atoms with Crippen molar-refractivity contribution < 1.29 is 8.78 Å². The lowest BCUT2D eigenvalue weighted by atomic mass is 10.2.